The zero-order valence-corrected chi connectivity index (χ0v) is 12.8. The van der Waals surface area contributed by atoms with E-state index in [2.05, 4.69) is 41.3 Å². The fourth-order valence-electron chi connectivity index (χ4n) is 2.38. The number of hydrogen-bond acceptors (Lipinski definition) is 4. The van der Waals surface area contributed by atoms with E-state index in [0.29, 0.717) is 11.7 Å². The molecule has 0 saturated heterocycles. The standard InChI is InChI=1S/C17H25N3O/c1-2-3-4-5-6-7-8-14-9-11-15(12-10-14)17-19-16(13-18)21-20-17/h9-12H,2-8,13,18H2,1H3. The molecule has 21 heavy (non-hydrogen) atoms. The molecule has 1 aromatic heterocycles. The number of benzene rings is 1. The highest BCUT2D eigenvalue weighted by atomic mass is 16.5. The van der Waals surface area contributed by atoms with Gasteiger partial charge in [0.05, 0.1) is 6.54 Å². The molecule has 4 nitrogen and oxygen atoms in total. The first-order valence-electron chi connectivity index (χ1n) is 7.95. The van der Waals surface area contributed by atoms with Gasteiger partial charge in [-0.1, -0.05) is 68.4 Å². The van der Waals surface area contributed by atoms with Crippen molar-refractivity contribution >= 4 is 0 Å². The normalized spacial score (nSPS) is 11.0. The number of hydrogen-bond donors (Lipinski definition) is 1. The Morgan fingerprint density at radius 1 is 1.00 bits per heavy atom. The predicted molar refractivity (Wildman–Crippen MR) is 84.7 cm³/mol. The first-order chi connectivity index (χ1) is 10.3. The van der Waals surface area contributed by atoms with Gasteiger partial charge in [0, 0.05) is 5.56 Å². The van der Waals surface area contributed by atoms with Crippen molar-refractivity contribution in [2.45, 2.75) is 58.4 Å². The van der Waals surface area contributed by atoms with Crippen LogP contribution in [0.15, 0.2) is 28.8 Å². The Labute approximate surface area is 126 Å². The van der Waals surface area contributed by atoms with Crippen molar-refractivity contribution in [3.8, 4) is 11.4 Å². The number of unbranched alkanes of at least 4 members (excludes halogenated alkanes) is 5. The summed E-state index contributed by atoms with van der Waals surface area (Å²) in [5.74, 6) is 1.09. The number of nitrogens with two attached hydrogens (primary N) is 1. The average molecular weight is 287 g/mol. The van der Waals surface area contributed by atoms with Crippen molar-refractivity contribution in [3.05, 3.63) is 35.7 Å². The molecule has 0 amide bonds. The molecule has 0 fully saturated rings. The van der Waals surface area contributed by atoms with Crippen molar-refractivity contribution in [1.29, 1.82) is 0 Å². The van der Waals surface area contributed by atoms with Crippen LogP contribution in [0.2, 0.25) is 0 Å². The van der Waals surface area contributed by atoms with E-state index in [4.69, 9.17) is 10.3 Å². The Kier molecular flexibility index (Phi) is 6.41. The molecule has 4 heteroatoms. The predicted octanol–water partition coefficient (Wildman–Crippen LogP) is 4.10. The van der Waals surface area contributed by atoms with E-state index in [-0.39, 0.29) is 6.54 Å². The van der Waals surface area contributed by atoms with Crippen molar-refractivity contribution in [1.82, 2.24) is 10.1 Å². The van der Waals surface area contributed by atoms with E-state index in [1.54, 1.807) is 0 Å². The Hall–Kier alpha value is -1.68. The molecule has 0 saturated carbocycles. The largest absolute Gasteiger partial charge is 0.338 e. The van der Waals surface area contributed by atoms with Crippen LogP contribution in [0, 0.1) is 0 Å². The van der Waals surface area contributed by atoms with Crippen LogP contribution in [0.3, 0.4) is 0 Å². The van der Waals surface area contributed by atoms with Crippen LogP contribution >= 0.6 is 0 Å². The van der Waals surface area contributed by atoms with Gasteiger partial charge in [-0.3, -0.25) is 0 Å². The minimum Gasteiger partial charge on any atom is -0.338 e. The lowest BCUT2D eigenvalue weighted by molar-refractivity contribution is 0.380. The van der Waals surface area contributed by atoms with Crippen LogP contribution in [0.25, 0.3) is 11.4 Å². The smallest absolute Gasteiger partial charge is 0.240 e. The van der Waals surface area contributed by atoms with Gasteiger partial charge in [-0.05, 0) is 18.4 Å². The van der Waals surface area contributed by atoms with Crippen LogP contribution in [0.4, 0.5) is 0 Å². The minimum absolute atomic E-state index is 0.281. The summed E-state index contributed by atoms with van der Waals surface area (Å²) in [5.41, 5.74) is 7.82. The average Bonchev–Trinajstić information content (AvgIpc) is 3.00. The van der Waals surface area contributed by atoms with Gasteiger partial charge in [0.1, 0.15) is 0 Å². The van der Waals surface area contributed by atoms with Crippen LogP contribution in [-0.4, -0.2) is 10.1 Å². The second-order valence-electron chi connectivity index (χ2n) is 5.43. The third kappa shape index (κ3) is 4.97. The highest BCUT2D eigenvalue weighted by molar-refractivity contribution is 5.54. The first-order valence-corrected chi connectivity index (χ1v) is 7.95. The number of rotatable bonds is 9. The van der Waals surface area contributed by atoms with Crippen LogP contribution < -0.4 is 5.73 Å². The Morgan fingerprint density at radius 2 is 1.71 bits per heavy atom. The molecule has 114 valence electrons. The van der Waals surface area contributed by atoms with E-state index in [1.165, 1.54) is 44.1 Å². The zero-order chi connectivity index (χ0) is 14.9. The summed E-state index contributed by atoms with van der Waals surface area (Å²) in [4.78, 5) is 4.23. The molecule has 0 aliphatic heterocycles. The van der Waals surface area contributed by atoms with E-state index < -0.39 is 0 Å². The van der Waals surface area contributed by atoms with Crippen molar-refractivity contribution in [2.24, 2.45) is 5.73 Å². The Morgan fingerprint density at radius 3 is 2.38 bits per heavy atom. The molecule has 0 spiro atoms. The lowest BCUT2D eigenvalue weighted by atomic mass is 10.0. The van der Waals surface area contributed by atoms with E-state index in [1.807, 2.05) is 0 Å². The molecule has 0 atom stereocenters. The van der Waals surface area contributed by atoms with Gasteiger partial charge in [0.2, 0.25) is 11.7 Å². The zero-order valence-electron chi connectivity index (χ0n) is 12.8. The molecule has 0 unspecified atom stereocenters. The van der Waals surface area contributed by atoms with Gasteiger partial charge >= 0.3 is 0 Å². The number of aryl methyl sites for hydroxylation is 1. The van der Waals surface area contributed by atoms with Crippen LogP contribution in [0.1, 0.15) is 56.9 Å². The summed E-state index contributed by atoms with van der Waals surface area (Å²) in [5, 5.41) is 3.92. The quantitative estimate of drug-likeness (QED) is 0.705. The molecular formula is C17H25N3O. The Bertz CT molecular complexity index is 519. The second kappa shape index (κ2) is 8.57. The highest BCUT2D eigenvalue weighted by Gasteiger charge is 2.06. The van der Waals surface area contributed by atoms with Gasteiger partial charge in [0.25, 0.3) is 0 Å². The van der Waals surface area contributed by atoms with Crippen molar-refractivity contribution in [2.75, 3.05) is 0 Å². The number of nitrogens with zero attached hydrogens (tertiary/aromatic N) is 2. The maximum absolute atomic E-state index is 5.47. The summed E-state index contributed by atoms with van der Waals surface area (Å²) in [6.45, 7) is 2.53. The van der Waals surface area contributed by atoms with Crippen LogP contribution in [-0.2, 0) is 13.0 Å². The van der Waals surface area contributed by atoms with Crippen molar-refractivity contribution < 1.29 is 4.52 Å². The van der Waals surface area contributed by atoms with Gasteiger partial charge < -0.3 is 10.3 Å². The molecule has 0 bridgehead atoms. The van der Waals surface area contributed by atoms with Crippen LogP contribution in [0.5, 0.6) is 0 Å². The molecule has 1 heterocycles. The number of aromatic nitrogens is 2. The molecular weight excluding hydrogens is 262 g/mol. The van der Waals surface area contributed by atoms with Gasteiger partial charge in [-0.15, -0.1) is 0 Å². The van der Waals surface area contributed by atoms with Gasteiger partial charge in [-0.2, -0.15) is 4.98 Å². The Balaban J connectivity index is 1.79. The summed E-state index contributed by atoms with van der Waals surface area (Å²) < 4.78 is 5.02. The fourth-order valence-corrected chi connectivity index (χ4v) is 2.38. The van der Waals surface area contributed by atoms with E-state index in [0.717, 1.165) is 12.0 Å². The molecule has 0 aliphatic carbocycles. The molecule has 2 aromatic rings. The third-order valence-corrected chi connectivity index (χ3v) is 3.67. The molecule has 2 N–H and O–H groups in total. The maximum atomic E-state index is 5.47. The highest BCUT2D eigenvalue weighted by Crippen LogP contribution is 2.18. The summed E-state index contributed by atoms with van der Waals surface area (Å²) in [6, 6.07) is 8.41. The monoisotopic (exact) mass is 287 g/mol. The van der Waals surface area contributed by atoms with Gasteiger partial charge in [-0.25, -0.2) is 0 Å². The molecule has 1 aromatic carbocycles. The molecule has 0 radical (unpaired) electrons. The second-order valence-corrected chi connectivity index (χ2v) is 5.43. The van der Waals surface area contributed by atoms with Crippen molar-refractivity contribution in [3.63, 3.8) is 0 Å². The SMILES string of the molecule is CCCCCCCCc1ccc(-c2noc(CN)n2)cc1. The summed E-state index contributed by atoms with van der Waals surface area (Å²) in [6.07, 6.45) is 9.14. The molecule has 0 aliphatic rings. The third-order valence-electron chi connectivity index (χ3n) is 3.67. The van der Waals surface area contributed by atoms with E-state index in [9.17, 15) is 0 Å². The lowest BCUT2D eigenvalue weighted by Crippen LogP contribution is -1.95. The lowest BCUT2D eigenvalue weighted by Gasteiger charge is -2.03. The summed E-state index contributed by atoms with van der Waals surface area (Å²) in [7, 11) is 0. The molecule has 2 rings (SSSR count). The minimum atomic E-state index is 0.281. The fraction of sp³-hybridized carbons (Fsp3) is 0.529. The maximum Gasteiger partial charge on any atom is 0.240 e. The van der Waals surface area contributed by atoms with E-state index >= 15 is 0 Å². The summed E-state index contributed by atoms with van der Waals surface area (Å²) >= 11 is 0. The van der Waals surface area contributed by atoms with Gasteiger partial charge in [0.15, 0.2) is 0 Å². The topological polar surface area (TPSA) is 64.9 Å². The first kappa shape index (κ1) is 15.7.